The van der Waals surface area contributed by atoms with Crippen LogP contribution in [0.4, 0.5) is 0 Å². The van der Waals surface area contributed by atoms with Crippen LogP contribution in [0.3, 0.4) is 0 Å². The number of nitrogens with one attached hydrogen (secondary N) is 1. The summed E-state index contributed by atoms with van der Waals surface area (Å²) in [4.78, 5) is 0.0401. The Hall–Kier alpha value is -1.56. The van der Waals surface area contributed by atoms with Crippen molar-refractivity contribution < 1.29 is 8.42 Å². The van der Waals surface area contributed by atoms with E-state index in [9.17, 15) is 8.42 Å². The molecule has 0 heterocycles. The summed E-state index contributed by atoms with van der Waals surface area (Å²) in [7, 11) is -3.80. The van der Waals surface area contributed by atoms with Crippen LogP contribution in [0.1, 0.15) is 5.56 Å². The van der Waals surface area contributed by atoms with Gasteiger partial charge in [0.15, 0.2) is 0 Å². The van der Waals surface area contributed by atoms with Crippen LogP contribution in [-0.4, -0.2) is 14.4 Å². The van der Waals surface area contributed by atoms with Crippen molar-refractivity contribution in [1.29, 1.82) is 5.41 Å². The fourth-order valence-corrected chi connectivity index (χ4v) is 1.74. The van der Waals surface area contributed by atoms with E-state index in [-0.39, 0.29) is 4.90 Å². The molecule has 0 aliphatic carbocycles. The van der Waals surface area contributed by atoms with Crippen molar-refractivity contribution in [3.05, 3.63) is 29.8 Å². The van der Waals surface area contributed by atoms with Gasteiger partial charge in [0, 0.05) is 0 Å². The number of benzene rings is 1. The van der Waals surface area contributed by atoms with Gasteiger partial charge in [0.25, 0.3) is 10.0 Å². The Morgan fingerprint density at radius 2 is 1.86 bits per heavy atom. The Balaban J connectivity index is 3.05. The normalized spacial score (nSPS) is 10.9. The van der Waals surface area contributed by atoms with E-state index in [1.165, 1.54) is 12.1 Å². The first kappa shape index (κ1) is 10.5. The molecule has 0 aliphatic heterocycles. The zero-order valence-electron chi connectivity index (χ0n) is 7.56. The molecule has 0 atom stereocenters. The molecular formula is C8H10N3O2S. The first-order valence-corrected chi connectivity index (χ1v) is 5.24. The van der Waals surface area contributed by atoms with Gasteiger partial charge in [-0.3, -0.25) is 5.41 Å². The van der Waals surface area contributed by atoms with Crippen molar-refractivity contribution in [2.75, 3.05) is 0 Å². The summed E-state index contributed by atoms with van der Waals surface area (Å²) in [5.41, 5.74) is 5.83. The lowest BCUT2D eigenvalue weighted by Crippen LogP contribution is -2.29. The molecule has 0 unspecified atom stereocenters. The number of aryl methyl sites for hydroxylation is 1. The maximum absolute atomic E-state index is 11.4. The van der Waals surface area contributed by atoms with Crippen LogP contribution in [0.2, 0.25) is 0 Å². The van der Waals surface area contributed by atoms with Gasteiger partial charge >= 0.3 is 0 Å². The smallest absolute Gasteiger partial charge is 0.285 e. The van der Waals surface area contributed by atoms with Gasteiger partial charge in [0.1, 0.15) is 0 Å². The number of sulfonamides is 1. The highest BCUT2D eigenvalue weighted by Crippen LogP contribution is 2.09. The molecular weight excluding hydrogens is 202 g/mol. The molecule has 0 amide bonds. The Bertz CT molecular complexity index is 436. The highest BCUT2D eigenvalue weighted by Gasteiger charge is 2.15. The lowest BCUT2D eigenvalue weighted by atomic mass is 10.2. The number of hydrogen-bond donors (Lipinski definition) is 2. The summed E-state index contributed by atoms with van der Waals surface area (Å²) >= 11 is 0. The van der Waals surface area contributed by atoms with Gasteiger partial charge in [-0.1, -0.05) is 17.7 Å². The minimum absolute atomic E-state index is 0.0401. The van der Waals surface area contributed by atoms with E-state index in [2.05, 4.69) is 4.72 Å². The Kier molecular flexibility index (Phi) is 2.76. The van der Waals surface area contributed by atoms with E-state index in [4.69, 9.17) is 11.1 Å². The van der Waals surface area contributed by atoms with Gasteiger partial charge in [-0.2, -0.15) is 8.42 Å². The molecule has 3 N–H and O–H groups in total. The molecule has 0 saturated carbocycles. The third-order valence-corrected chi connectivity index (χ3v) is 2.84. The zero-order chi connectivity index (χ0) is 10.8. The SMILES string of the molecule is Cc1ccc(S(=O)(=O)[N]C(=N)N)cc1. The number of nitrogens with two attached hydrogens (primary N) is 1. The van der Waals surface area contributed by atoms with E-state index >= 15 is 0 Å². The lowest BCUT2D eigenvalue weighted by Gasteiger charge is -2.02. The number of nitrogens with zero attached hydrogens (tertiary/aromatic N) is 1. The molecule has 1 aromatic carbocycles. The van der Waals surface area contributed by atoms with E-state index in [1.54, 1.807) is 12.1 Å². The topological polar surface area (TPSA) is 98.1 Å². The third-order valence-electron chi connectivity index (χ3n) is 1.54. The van der Waals surface area contributed by atoms with Crippen molar-refractivity contribution in [2.24, 2.45) is 5.73 Å². The molecule has 0 spiro atoms. The van der Waals surface area contributed by atoms with Crippen LogP contribution in [0, 0.1) is 12.3 Å². The molecule has 0 fully saturated rings. The summed E-state index contributed by atoms with van der Waals surface area (Å²) in [6.45, 7) is 1.85. The first-order chi connectivity index (χ1) is 6.42. The molecule has 0 saturated heterocycles. The predicted octanol–water partition coefficient (Wildman–Crippen LogP) is 0.182. The molecule has 0 aliphatic rings. The number of guanidine groups is 1. The van der Waals surface area contributed by atoms with Crippen LogP contribution >= 0.6 is 0 Å². The monoisotopic (exact) mass is 212 g/mol. The molecule has 1 rings (SSSR count). The molecule has 0 aromatic heterocycles. The van der Waals surface area contributed by atoms with Gasteiger partial charge in [-0.15, -0.1) is 4.72 Å². The summed E-state index contributed by atoms with van der Waals surface area (Å²) in [6, 6.07) is 6.17. The van der Waals surface area contributed by atoms with Crippen molar-refractivity contribution in [3.8, 4) is 0 Å². The standard InChI is InChI=1S/C8H10N3O2S/c1-6-2-4-7(5-3-6)14(12,13)11-8(9)10/h2-5H,1H3,(H3,9,10). The van der Waals surface area contributed by atoms with Gasteiger partial charge in [0.05, 0.1) is 4.90 Å². The number of hydrogen-bond acceptors (Lipinski definition) is 3. The highest BCUT2D eigenvalue weighted by atomic mass is 32.2. The number of rotatable bonds is 2. The van der Waals surface area contributed by atoms with Crippen molar-refractivity contribution >= 4 is 16.0 Å². The summed E-state index contributed by atoms with van der Waals surface area (Å²) < 4.78 is 25.8. The molecule has 14 heavy (non-hydrogen) atoms. The lowest BCUT2D eigenvalue weighted by molar-refractivity contribution is 0.591. The van der Waals surface area contributed by atoms with Crippen molar-refractivity contribution in [3.63, 3.8) is 0 Å². The van der Waals surface area contributed by atoms with E-state index < -0.39 is 16.0 Å². The first-order valence-electron chi connectivity index (χ1n) is 3.80. The maximum atomic E-state index is 11.4. The van der Waals surface area contributed by atoms with Crippen molar-refractivity contribution in [2.45, 2.75) is 11.8 Å². The Morgan fingerprint density at radius 3 is 2.29 bits per heavy atom. The maximum Gasteiger partial charge on any atom is 0.285 e. The van der Waals surface area contributed by atoms with Gasteiger partial charge in [0.2, 0.25) is 5.96 Å². The summed E-state index contributed by atoms with van der Waals surface area (Å²) in [6.07, 6.45) is 0. The predicted molar refractivity (Wildman–Crippen MR) is 52.4 cm³/mol. The van der Waals surface area contributed by atoms with Crippen LogP contribution < -0.4 is 10.5 Å². The van der Waals surface area contributed by atoms with E-state index in [1.807, 2.05) is 6.92 Å². The van der Waals surface area contributed by atoms with Crippen LogP contribution in [0.5, 0.6) is 0 Å². The fourth-order valence-electron chi connectivity index (χ4n) is 0.892. The van der Waals surface area contributed by atoms with Gasteiger partial charge < -0.3 is 5.73 Å². The summed E-state index contributed by atoms with van der Waals surface area (Å²) in [5, 5.41) is 6.77. The second kappa shape index (κ2) is 3.67. The molecule has 1 aromatic rings. The van der Waals surface area contributed by atoms with E-state index in [0.717, 1.165) is 5.56 Å². The van der Waals surface area contributed by atoms with Crippen LogP contribution in [0.25, 0.3) is 0 Å². The Labute approximate surface area is 82.5 Å². The largest absolute Gasteiger partial charge is 0.368 e. The minimum atomic E-state index is -3.80. The molecule has 75 valence electrons. The highest BCUT2D eigenvalue weighted by molar-refractivity contribution is 7.90. The second-order valence-electron chi connectivity index (χ2n) is 2.76. The van der Waals surface area contributed by atoms with E-state index in [0.29, 0.717) is 0 Å². The average molecular weight is 212 g/mol. The fraction of sp³-hybridized carbons (Fsp3) is 0.125. The van der Waals surface area contributed by atoms with Crippen molar-refractivity contribution in [1.82, 2.24) is 4.72 Å². The van der Waals surface area contributed by atoms with Gasteiger partial charge in [-0.05, 0) is 19.1 Å². The van der Waals surface area contributed by atoms with Gasteiger partial charge in [-0.25, -0.2) is 0 Å². The quantitative estimate of drug-likeness (QED) is 0.540. The average Bonchev–Trinajstić information content (AvgIpc) is 2.02. The second-order valence-corrected chi connectivity index (χ2v) is 4.37. The zero-order valence-corrected chi connectivity index (χ0v) is 8.38. The Morgan fingerprint density at radius 1 is 1.36 bits per heavy atom. The molecule has 6 heteroatoms. The molecule has 5 nitrogen and oxygen atoms in total. The molecule has 0 bridgehead atoms. The van der Waals surface area contributed by atoms with Crippen LogP contribution in [-0.2, 0) is 10.0 Å². The third kappa shape index (κ3) is 2.46. The van der Waals surface area contributed by atoms with Crippen LogP contribution in [0.15, 0.2) is 29.2 Å². The summed E-state index contributed by atoms with van der Waals surface area (Å²) in [5.74, 6) is -0.717. The molecule has 1 radical (unpaired) electrons. The minimum Gasteiger partial charge on any atom is -0.368 e.